The lowest BCUT2D eigenvalue weighted by molar-refractivity contribution is -0.135. The summed E-state index contributed by atoms with van der Waals surface area (Å²) in [5.41, 5.74) is 0.693. The topological polar surface area (TPSA) is 81.9 Å². The fourth-order valence-electron chi connectivity index (χ4n) is 4.33. The number of nitrogens with zero attached hydrogens (tertiary/aromatic N) is 4. The molecule has 3 heterocycles. The molecule has 2 aliphatic heterocycles. The molecular formula is C22H37N5O3. The van der Waals surface area contributed by atoms with Crippen molar-refractivity contribution < 1.29 is 14.1 Å². The van der Waals surface area contributed by atoms with Crippen molar-refractivity contribution >= 4 is 17.7 Å². The van der Waals surface area contributed by atoms with Gasteiger partial charge in [0, 0.05) is 50.7 Å². The van der Waals surface area contributed by atoms with Gasteiger partial charge in [-0.1, -0.05) is 39.8 Å². The Morgan fingerprint density at radius 3 is 2.17 bits per heavy atom. The van der Waals surface area contributed by atoms with E-state index in [1.165, 1.54) is 6.42 Å². The summed E-state index contributed by atoms with van der Waals surface area (Å²) in [6.07, 6.45) is 1.20. The summed E-state index contributed by atoms with van der Waals surface area (Å²) < 4.78 is 5.23. The predicted octanol–water partition coefficient (Wildman–Crippen LogP) is 2.03. The van der Waals surface area contributed by atoms with Gasteiger partial charge in [-0.3, -0.25) is 24.7 Å². The Bertz CT molecular complexity index is 723. The number of hydrogen-bond donors (Lipinski definition) is 1. The molecule has 2 unspecified atom stereocenters. The summed E-state index contributed by atoms with van der Waals surface area (Å²) in [5.74, 6) is 1.68. The number of nitrogens with one attached hydrogen (secondary N) is 1. The molecule has 1 N–H and O–H groups in total. The van der Waals surface area contributed by atoms with Gasteiger partial charge in [0.1, 0.15) is 0 Å². The first-order valence-corrected chi connectivity index (χ1v) is 11.1. The molecule has 0 aliphatic carbocycles. The number of likely N-dealkylation sites (tertiary alicyclic amines) is 1. The van der Waals surface area contributed by atoms with E-state index in [1.54, 1.807) is 6.07 Å². The van der Waals surface area contributed by atoms with E-state index in [0.29, 0.717) is 30.8 Å². The summed E-state index contributed by atoms with van der Waals surface area (Å²) in [5, 5.41) is 6.82. The van der Waals surface area contributed by atoms with E-state index in [1.807, 2.05) is 25.7 Å². The summed E-state index contributed by atoms with van der Waals surface area (Å²) in [7, 11) is 0. The number of amides is 2. The van der Waals surface area contributed by atoms with Gasteiger partial charge in [-0.05, 0) is 18.3 Å². The van der Waals surface area contributed by atoms with Gasteiger partial charge in [0.15, 0.2) is 0 Å². The van der Waals surface area contributed by atoms with Crippen LogP contribution in [0.4, 0.5) is 5.88 Å². The standard InChI is InChI=1S/C22H37N5O3/c1-16-10-17(2)13-27(12-16)21(29)15-26-8-6-25(7-9-26)14-19(28)23-20-11-18(24-30-20)22(3,4)5/h11,16-17H,6-10,12-15H2,1-5H3,(H,23,28). The average Bonchev–Trinajstić information content (AvgIpc) is 3.11. The minimum absolute atomic E-state index is 0.104. The summed E-state index contributed by atoms with van der Waals surface area (Å²) >= 11 is 0. The zero-order valence-electron chi connectivity index (χ0n) is 19.1. The predicted molar refractivity (Wildman–Crippen MR) is 116 cm³/mol. The number of carbonyl (C=O) groups excluding carboxylic acids is 2. The highest BCUT2D eigenvalue weighted by Gasteiger charge is 2.28. The van der Waals surface area contributed by atoms with Crippen LogP contribution in [0.1, 0.15) is 46.7 Å². The molecule has 8 heteroatoms. The Hall–Kier alpha value is -1.93. The van der Waals surface area contributed by atoms with Crippen molar-refractivity contribution in [3.05, 3.63) is 11.8 Å². The first-order chi connectivity index (χ1) is 14.1. The second-order valence-corrected chi connectivity index (χ2v) is 10.2. The molecule has 2 saturated heterocycles. The fourth-order valence-corrected chi connectivity index (χ4v) is 4.33. The van der Waals surface area contributed by atoms with E-state index in [4.69, 9.17) is 4.52 Å². The molecule has 2 atom stereocenters. The Balaban J connectivity index is 1.39. The van der Waals surface area contributed by atoms with Crippen LogP contribution < -0.4 is 5.32 Å². The Labute approximate surface area is 179 Å². The van der Waals surface area contributed by atoms with Crippen molar-refractivity contribution in [1.82, 2.24) is 19.9 Å². The van der Waals surface area contributed by atoms with Gasteiger partial charge in [0.2, 0.25) is 17.7 Å². The molecule has 0 spiro atoms. The highest BCUT2D eigenvalue weighted by atomic mass is 16.5. The number of anilines is 1. The molecule has 168 valence electrons. The van der Waals surface area contributed by atoms with E-state index in [0.717, 1.165) is 45.0 Å². The molecule has 2 fully saturated rings. The third kappa shape index (κ3) is 6.28. The van der Waals surface area contributed by atoms with Gasteiger partial charge in [-0.15, -0.1) is 0 Å². The van der Waals surface area contributed by atoms with Crippen LogP contribution in [0.3, 0.4) is 0 Å². The van der Waals surface area contributed by atoms with Gasteiger partial charge in [-0.2, -0.15) is 0 Å². The highest BCUT2D eigenvalue weighted by molar-refractivity contribution is 5.91. The van der Waals surface area contributed by atoms with Gasteiger partial charge < -0.3 is 9.42 Å². The quantitative estimate of drug-likeness (QED) is 0.787. The molecule has 0 bridgehead atoms. The minimum atomic E-state index is -0.121. The van der Waals surface area contributed by atoms with E-state index in [9.17, 15) is 9.59 Å². The van der Waals surface area contributed by atoms with Crippen LogP contribution in [-0.2, 0) is 15.0 Å². The zero-order chi connectivity index (χ0) is 21.9. The molecule has 1 aromatic rings. The number of piperidine rings is 1. The molecule has 8 nitrogen and oxygen atoms in total. The Morgan fingerprint density at radius 1 is 1.07 bits per heavy atom. The molecule has 2 aliphatic rings. The van der Waals surface area contributed by atoms with Crippen LogP contribution in [-0.4, -0.2) is 84.0 Å². The average molecular weight is 420 g/mol. The SMILES string of the molecule is CC1CC(C)CN(C(=O)CN2CCN(CC(=O)Nc3cc(C(C)(C)C)no3)CC2)C1. The van der Waals surface area contributed by atoms with Crippen LogP contribution >= 0.6 is 0 Å². The lowest BCUT2D eigenvalue weighted by atomic mass is 9.92. The van der Waals surface area contributed by atoms with Gasteiger partial charge in [-0.25, -0.2) is 0 Å². The van der Waals surface area contributed by atoms with Gasteiger partial charge >= 0.3 is 0 Å². The largest absolute Gasteiger partial charge is 0.341 e. The van der Waals surface area contributed by atoms with E-state index >= 15 is 0 Å². The van der Waals surface area contributed by atoms with E-state index in [2.05, 4.69) is 34.1 Å². The van der Waals surface area contributed by atoms with Crippen LogP contribution in [0.5, 0.6) is 0 Å². The molecular weight excluding hydrogens is 382 g/mol. The van der Waals surface area contributed by atoms with Crippen LogP contribution in [0.15, 0.2) is 10.6 Å². The van der Waals surface area contributed by atoms with Crippen molar-refractivity contribution in [2.75, 3.05) is 57.7 Å². The van der Waals surface area contributed by atoms with Crippen molar-refractivity contribution in [2.45, 2.75) is 46.5 Å². The number of hydrogen-bond acceptors (Lipinski definition) is 6. The van der Waals surface area contributed by atoms with Crippen LogP contribution in [0.25, 0.3) is 0 Å². The van der Waals surface area contributed by atoms with Gasteiger partial charge in [0.05, 0.1) is 18.8 Å². The normalized spacial score (nSPS) is 24.1. The third-order valence-electron chi connectivity index (χ3n) is 5.95. The molecule has 0 radical (unpaired) electrons. The van der Waals surface area contributed by atoms with Crippen LogP contribution in [0.2, 0.25) is 0 Å². The summed E-state index contributed by atoms with van der Waals surface area (Å²) in [6, 6.07) is 1.78. The number of aromatic nitrogens is 1. The molecule has 0 aromatic carbocycles. The number of carbonyl (C=O) groups is 2. The molecule has 3 rings (SSSR count). The first kappa shape index (κ1) is 22.7. The molecule has 1 aromatic heterocycles. The van der Waals surface area contributed by atoms with Crippen molar-refractivity contribution in [3.63, 3.8) is 0 Å². The fraction of sp³-hybridized carbons (Fsp3) is 0.773. The second kappa shape index (κ2) is 9.47. The zero-order valence-corrected chi connectivity index (χ0v) is 19.1. The summed E-state index contributed by atoms with van der Waals surface area (Å²) in [6.45, 7) is 16.3. The molecule has 0 saturated carbocycles. The lowest BCUT2D eigenvalue weighted by Gasteiger charge is -2.38. The first-order valence-electron chi connectivity index (χ1n) is 11.1. The van der Waals surface area contributed by atoms with Crippen molar-refractivity contribution in [1.29, 1.82) is 0 Å². The van der Waals surface area contributed by atoms with Crippen molar-refractivity contribution in [3.8, 4) is 0 Å². The Morgan fingerprint density at radius 2 is 1.63 bits per heavy atom. The van der Waals surface area contributed by atoms with Crippen molar-refractivity contribution in [2.24, 2.45) is 11.8 Å². The lowest BCUT2D eigenvalue weighted by Crippen LogP contribution is -2.52. The molecule has 2 amide bonds. The third-order valence-corrected chi connectivity index (χ3v) is 5.95. The maximum atomic E-state index is 12.7. The maximum Gasteiger partial charge on any atom is 0.240 e. The Kier molecular flexibility index (Phi) is 7.18. The minimum Gasteiger partial charge on any atom is -0.341 e. The van der Waals surface area contributed by atoms with E-state index < -0.39 is 0 Å². The van der Waals surface area contributed by atoms with Gasteiger partial charge in [0.25, 0.3) is 0 Å². The number of rotatable bonds is 5. The second-order valence-electron chi connectivity index (χ2n) is 10.2. The number of piperazine rings is 1. The summed E-state index contributed by atoms with van der Waals surface area (Å²) in [4.78, 5) is 31.4. The smallest absolute Gasteiger partial charge is 0.240 e. The maximum absolute atomic E-state index is 12.7. The van der Waals surface area contributed by atoms with E-state index in [-0.39, 0.29) is 17.2 Å². The molecule has 30 heavy (non-hydrogen) atoms. The highest BCUT2D eigenvalue weighted by Crippen LogP contribution is 2.24. The van der Waals surface area contributed by atoms with Crippen LogP contribution in [0, 0.1) is 11.8 Å². The monoisotopic (exact) mass is 419 g/mol.